The Morgan fingerprint density at radius 1 is 0.741 bits per heavy atom. The van der Waals surface area contributed by atoms with Gasteiger partial charge in [0.25, 0.3) is 0 Å². The quantitative estimate of drug-likeness (QED) is 0.419. The molecular weight excluding hydrogens is 375 g/mol. The molecule has 0 fully saturated rings. The summed E-state index contributed by atoms with van der Waals surface area (Å²) < 4.78 is 32.0. The van der Waals surface area contributed by atoms with E-state index >= 15 is 0 Å². The summed E-state index contributed by atoms with van der Waals surface area (Å²) in [5.41, 5.74) is -1.34. The molecule has 1 N–H and O–H groups in total. The molecule has 0 saturated heterocycles. The van der Waals surface area contributed by atoms with Crippen LogP contribution in [-0.4, -0.2) is 4.89 Å². The van der Waals surface area contributed by atoms with E-state index in [4.69, 9.17) is 17.9 Å². The molecule has 0 aliphatic carbocycles. The van der Waals surface area contributed by atoms with Gasteiger partial charge in [-0.1, -0.05) is 36.4 Å². The lowest BCUT2D eigenvalue weighted by atomic mass is 10.2. The van der Waals surface area contributed by atoms with E-state index in [-0.39, 0.29) is 0 Å². The lowest BCUT2D eigenvalue weighted by molar-refractivity contribution is 0.281. The second kappa shape index (κ2) is 6.42. The molecule has 0 atom stereocenters. The molecule has 0 radical (unpaired) electrons. The molecule has 4 rings (SSSR count). The number of benzene rings is 2. The van der Waals surface area contributed by atoms with E-state index in [2.05, 4.69) is 0 Å². The van der Waals surface area contributed by atoms with Crippen molar-refractivity contribution in [3.05, 3.63) is 81.5 Å². The van der Waals surface area contributed by atoms with E-state index in [0.29, 0.717) is 21.9 Å². The summed E-state index contributed by atoms with van der Waals surface area (Å²) in [5, 5.41) is 0.967. The van der Waals surface area contributed by atoms with Crippen LogP contribution in [0, 0.1) is 0 Å². The molecule has 2 heterocycles. The van der Waals surface area contributed by atoms with Crippen molar-refractivity contribution in [1.82, 2.24) is 0 Å². The first kappa shape index (κ1) is 17.1. The van der Waals surface area contributed by atoms with Gasteiger partial charge in [-0.2, -0.15) is 0 Å². The molecule has 8 nitrogen and oxygen atoms in total. The van der Waals surface area contributed by atoms with Crippen LogP contribution in [0.2, 0.25) is 0 Å². The molecule has 0 unspecified atom stereocenters. The van der Waals surface area contributed by atoms with Crippen LogP contribution in [0.15, 0.2) is 79.1 Å². The molecule has 2 aromatic heterocycles. The standard InChI is InChI=1S/C18H11O8P/c19-17-15(9-11-5-1-3-7-13(11)23-17)25-27(21,22)26-16-10-12-6-2-4-8-14(12)24-18(16)20/h1-10H,(H,21,22). The molecule has 2 aromatic carbocycles. The summed E-state index contributed by atoms with van der Waals surface area (Å²) >= 11 is 0. The van der Waals surface area contributed by atoms with Crippen LogP contribution < -0.4 is 20.3 Å². The van der Waals surface area contributed by atoms with Crippen LogP contribution >= 0.6 is 7.82 Å². The maximum absolute atomic E-state index is 12.3. The van der Waals surface area contributed by atoms with Gasteiger partial charge in [0.2, 0.25) is 11.5 Å². The van der Waals surface area contributed by atoms with Gasteiger partial charge in [0.15, 0.2) is 0 Å². The summed E-state index contributed by atoms with van der Waals surface area (Å²) in [5.74, 6) is -1.05. The van der Waals surface area contributed by atoms with Gasteiger partial charge >= 0.3 is 19.1 Å². The summed E-state index contributed by atoms with van der Waals surface area (Å²) in [6.07, 6.45) is 0. The summed E-state index contributed by atoms with van der Waals surface area (Å²) in [6, 6.07) is 15.6. The number of fused-ring (bicyclic) bond motifs is 2. The monoisotopic (exact) mass is 386 g/mol. The van der Waals surface area contributed by atoms with E-state index < -0.39 is 30.6 Å². The van der Waals surface area contributed by atoms with Crippen LogP contribution in [0.4, 0.5) is 0 Å². The van der Waals surface area contributed by atoms with E-state index in [0.717, 1.165) is 0 Å². The highest BCUT2D eigenvalue weighted by Crippen LogP contribution is 2.43. The van der Waals surface area contributed by atoms with Crippen LogP contribution in [0.25, 0.3) is 21.9 Å². The highest BCUT2D eigenvalue weighted by Gasteiger charge is 2.29. The van der Waals surface area contributed by atoms with E-state index in [1.165, 1.54) is 12.1 Å². The number of para-hydroxylation sites is 2. The van der Waals surface area contributed by atoms with Crippen LogP contribution in [0.3, 0.4) is 0 Å². The van der Waals surface area contributed by atoms with Gasteiger partial charge in [-0.25, -0.2) is 14.2 Å². The lowest BCUT2D eigenvalue weighted by Crippen LogP contribution is -2.11. The first-order valence-corrected chi connectivity index (χ1v) is 9.19. The number of rotatable bonds is 4. The zero-order valence-electron chi connectivity index (χ0n) is 13.5. The third-order valence-corrected chi connectivity index (χ3v) is 4.50. The van der Waals surface area contributed by atoms with Gasteiger partial charge in [-0.05, 0) is 24.3 Å². The van der Waals surface area contributed by atoms with Crippen LogP contribution in [0.1, 0.15) is 0 Å². The Balaban J connectivity index is 1.67. The smallest absolute Gasteiger partial charge is 0.420 e. The molecule has 0 amide bonds. The number of hydrogen-bond acceptors (Lipinski definition) is 7. The van der Waals surface area contributed by atoms with Crippen molar-refractivity contribution in [2.75, 3.05) is 0 Å². The van der Waals surface area contributed by atoms with E-state index in [1.54, 1.807) is 48.5 Å². The van der Waals surface area contributed by atoms with Gasteiger partial charge in [0.1, 0.15) is 11.2 Å². The van der Waals surface area contributed by atoms with Crippen molar-refractivity contribution in [3.63, 3.8) is 0 Å². The number of hydrogen-bond donors (Lipinski definition) is 1. The summed E-state index contributed by atoms with van der Waals surface area (Å²) in [6.45, 7) is 0. The topological polar surface area (TPSA) is 116 Å². The third kappa shape index (κ3) is 3.48. The first-order valence-electron chi connectivity index (χ1n) is 7.69. The van der Waals surface area contributed by atoms with Crippen molar-refractivity contribution >= 4 is 29.8 Å². The molecular formula is C18H11O8P. The minimum Gasteiger partial charge on any atom is -0.420 e. The predicted octanol–water partition coefficient (Wildman–Crippen LogP) is 3.46. The molecule has 0 saturated carbocycles. The number of phosphoric ester groups is 1. The zero-order valence-corrected chi connectivity index (χ0v) is 14.4. The fraction of sp³-hybridized carbons (Fsp3) is 0. The van der Waals surface area contributed by atoms with Crippen LogP contribution in [0.5, 0.6) is 11.5 Å². The highest BCUT2D eigenvalue weighted by atomic mass is 31.2. The van der Waals surface area contributed by atoms with Crippen molar-refractivity contribution in [2.45, 2.75) is 0 Å². The molecule has 27 heavy (non-hydrogen) atoms. The Morgan fingerprint density at radius 3 is 1.59 bits per heavy atom. The molecule has 4 aromatic rings. The van der Waals surface area contributed by atoms with E-state index in [9.17, 15) is 19.0 Å². The van der Waals surface area contributed by atoms with Gasteiger partial charge in [0, 0.05) is 10.8 Å². The molecule has 136 valence electrons. The van der Waals surface area contributed by atoms with Crippen LogP contribution in [-0.2, 0) is 4.57 Å². The Morgan fingerprint density at radius 2 is 1.15 bits per heavy atom. The maximum Gasteiger partial charge on any atom is 0.585 e. The first-order chi connectivity index (χ1) is 12.9. The normalized spacial score (nSPS) is 11.6. The molecule has 0 aliphatic heterocycles. The van der Waals surface area contributed by atoms with Gasteiger partial charge < -0.3 is 17.9 Å². The minimum atomic E-state index is -4.87. The number of phosphoric acid groups is 1. The SMILES string of the molecule is O=c1oc2ccccc2cc1OP(=O)(O)Oc1cc2ccccc2oc1=O. The fourth-order valence-corrected chi connectivity index (χ4v) is 3.27. The van der Waals surface area contributed by atoms with Gasteiger partial charge in [-0.15, -0.1) is 0 Å². The average Bonchev–Trinajstić information content (AvgIpc) is 2.62. The molecule has 0 spiro atoms. The van der Waals surface area contributed by atoms with Gasteiger partial charge in [0.05, 0.1) is 0 Å². The lowest BCUT2D eigenvalue weighted by Gasteiger charge is -2.12. The second-order valence-corrected chi connectivity index (χ2v) is 6.83. The minimum absolute atomic E-state index is 0.290. The van der Waals surface area contributed by atoms with Gasteiger partial charge in [-0.3, -0.25) is 4.89 Å². The summed E-state index contributed by atoms with van der Waals surface area (Å²) in [7, 11) is -4.87. The Hall–Kier alpha value is -3.35. The Labute approximate surface area is 150 Å². The summed E-state index contributed by atoms with van der Waals surface area (Å²) in [4.78, 5) is 33.9. The maximum atomic E-state index is 12.3. The zero-order chi connectivity index (χ0) is 19.0. The average molecular weight is 386 g/mol. The molecule has 0 bridgehead atoms. The fourth-order valence-electron chi connectivity index (χ4n) is 2.48. The second-order valence-electron chi connectivity index (χ2n) is 5.52. The van der Waals surface area contributed by atoms with Crippen molar-refractivity contribution < 1.29 is 27.3 Å². The Kier molecular flexibility index (Phi) is 4.07. The van der Waals surface area contributed by atoms with Crippen molar-refractivity contribution in [3.8, 4) is 11.5 Å². The Bertz CT molecular complexity index is 1220. The predicted molar refractivity (Wildman–Crippen MR) is 96.0 cm³/mol. The van der Waals surface area contributed by atoms with E-state index in [1.807, 2.05) is 0 Å². The van der Waals surface area contributed by atoms with Crippen molar-refractivity contribution in [1.29, 1.82) is 0 Å². The third-order valence-electron chi connectivity index (χ3n) is 3.65. The van der Waals surface area contributed by atoms with Crippen molar-refractivity contribution in [2.24, 2.45) is 0 Å². The highest BCUT2D eigenvalue weighted by molar-refractivity contribution is 7.48. The largest absolute Gasteiger partial charge is 0.585 e. The molecule has 0 aliphatic rings. The molecule has 9 heteroatoms.